The highest BCUT2D eigenvalue weighted by molar-refractivity contribution is 7.89. The minimum Gasteiger partial charge on any atom is -0.478 e. The van der Waals surface area contributed by atoms with Gasteiger partial charge in [0.1, 0.15) is 11.9 Å². The molecule has 0 amide bonds. The highest BCUT2D eigenvalue weighted by Gasteiger charge is 2.34. The molecule has 2 aliphatic rings. The van der Waals surface area contributed by atoms with E-state index in [0.29, 0.717) is 24.5 Å². The summed E-state index contributed by atoms with van der Waals surface area (Å²) in [4.78, 5) is 11.9. The Morgan fingerprint density at radius 1 is 1.35 bits per heavy atom. The van der Waals surface area contributed by atoms with Crippen molar-refractivity contribution in [1.82, 2.24) is 0 Å². The van der Waals surface area contributed by atoms with Crippen LogP contribution in [0.4, 0.5) is 0 Å². The zero-order valence-electron chi connectivity index (χ0n) is 10.4. The second-order valence-electron chi connectivity index (χ2n) is 4.72. The maximum Gasteiger partial charge on any atom is 0.348 e. The number of fused-ring (bicyclic) bond motifs is 1. The number of primary sulfonamides is 1. The van der Waals surface area contributed by atoms with Crippen LogP contribution in [-0.2, 0) is 30.7 Å². The van der Waals surface area contributed by atoms with E-state index in [1.807, 2.05) is 0 Å². The van der Waals surface area contributed by atoms with Gasteiger partial charge in [0.2, 0.25) is 10.0 Å². The van der Waals surface area contributed by atoms with Crippen LogP contribution in [0.15, 0.2) is 23.1 Å². The van der Waals surface area contributed by atoms with Gasteiger partial charge in [0.05, 0.1) is 18.1 Å². The molecular weight excluding hydrogens is 286 g/mol. The standard InChI is InChI=1S/C12H13NO6S/c13-20(15,16)9-1-2-10-7(3-9)4-11(19-10)12(14)18-8-5-17-6-8/h1-3,8,11H,4-6H2,(H2,13,15,16). The number of carbonyl (C=O) groups excluding carboxylic acids is 1. The number of hydrogen-bond donors (Lipinski definition) is 1. The Balaban J connectivity index is 1.73. The van der Waals surface area contributed by atoms with E-state index in [1.165, 1.54) is 18.2 Å². The Labute approximate surface area is 115 Å². The maximum atomic E-state index is 11.9. The summed E-state index contributed by atoms with van der Waals surface area (Å²) in [6.45, 7) is 0.807. The first kappa shape index (κ1) is 13.3. The molecule has 1 fully saturated rings. The Bertz CT molecular complexity index is 652. The van der Waals surface area contributed by atoms with Gasteiger partial charge in [0.25, 0.3) is 0 Å². The largest absolute Gasteiger partial charge is 0.478 e. The van der Waals surface area contributed by atoms with Gasteiger partial charge in [-0.2, -0.15) is 0 Å². The summed E-state index contributed by atoms with van der Waals surface area (Å²) in [7, 11) is -3.76. The lowest BCUT2D eigenvalue weighted by Gasteiger charge is -2.26. The maximum absolute atomic E-state index is 11.9. The molecule has 20 heavy (non-hydrogen) atoms. The minimum absolute atomic E-state index is 0.00117. The first-order chi connectivity index (χ1) is 9.43. The lowest BCUT2D eigenvalue weighted by atomic mass is 10.1. The van der Waals surface area contributed by atoms with Crippen LogP contribution in [0.5, 0.6) is 5.75 Å². The molecule has 2 N–H and O–H groups in total. The van der Waals surface area contributed by atoms with Crippen LogP contribution in [0.25, 0.3) is 0 Å². The summed E-state index contributed by atoms with van der Waals surface area (Å²) in [6.07, 6.45) is -0.693. The van der Waals surface area contributed by atoms with Crippen molar-refractivity contribution in [2.75, 3.05) is 13.2 Å². The molecule has 2 aliphatic heterocycles. The minimum atomic E-state index is -3.76. The van der Waals surface area contributed by atoms with Crippen molar-refractivity contribution < 1.29 is 27.4 Å². The quantitative estimate of drug-likeness (QED) is 0.760. The average molecular weight is 299 g/mol. The van der Waals surface area contributed by atoms with E-state index >= 15 is 0 Å². The molecule has 0 aliphatic carbocycles. The molecule has 1 aromatic carbocycles. The smallest absolute Gasteiger partial charge is 0.348 e. The van der Waals surface area contributed by atoms with E-state index in [-0.39, 0.29) is 17.4 Å². The molecule has 0 aromatic heterocycles. The molecule has 7 nitrogen and oxygen atoms in total. The van der Waals surface area contributed by atoms with Gasteiger partial charge in [0.15, 0.2) is 6.10 Å². The van der Waals surface area contributed by atoms with Crippen LogP contribution in [0.2, 0.25) is 0 Å². The lowest BCUT2D eigenvalue weighted by Crippen LogP contribution is -2.41. The Morgan fingerprint density at radius 2 is 2.10 bits per heavy atom. The van der Waals surface area contributed by atoms with Gasteiger partial charge in [-0.15, -0.1) is 0 Å². The molecule has 2 heterocycles. The van der Waals surface area contributed by atoms with Crippen LogP contribution in [0, 0.1) is 0 Å². The summed E-state index contributed by atoms with van der Waals surface area (Å²) in [5, 5.41) is 5.06. The van der Waals surface area contributed by atoms with E-state index in [2.05, 4.69) is 0 Å². The van der Waals surface area contributed by atoms with Gasteiger partial charge < -0.3 is 14.2 Å². The predicted octanol–water partition coefficient (Wildman–Crippen LogP) is -0.421. The molecule has 1 unspecified atom stereocenters. The Morgan fingerprint density at radius 3 is 2.70 bits per heavy atom. The predicted molar refractivity (Wildman–Crippen MR) is 66.6 cm³/mol. The van der Waals surface area contributed by atoms with Crippen molar-refractivity contribution in [3.63, 3.8) is 0 Å². The molecule has 0 radical (unpaired) electrons. The third-order valence-corrected chi connectivity index (χ3v) is 4.10. The van der Waals surface area contributed by atoms with Gasteiger partial charge in [-0.25, -0.2) is 18.4 Å². The van der Waals surface area contributed by atoms with Gasteiger partial charge in [-0.1, -0.05) is 0 Å². The van der Waals surface area contributed by atoms with E-state index in [4.69, 9.17) is 19.3 Å². The zero-order valence-corrected chi connectivity index (χ0v) is 11.3. The van der Waals surface area contributed by atoms with Gasteiger partial charge in [-0.05, 0) is 23.8 Å². The fourth-order valence-corrected chi connectivity index (χ4v) is 2.62. The first-order valence-electron chi connectivity index (χ1n) is 6.04. The second-order valence-corrected chi connectivity index (χ2v) is 6.28. The Hall–Kier alpha value is -1.64. The SMILES string of the molecule is NS(=O)(=O)c1ccc2c(c1)CC(C(=O)OC1COC1)O2. The molecule has 0 saturated carbocycles. The van der Waals surface area contributed by atoms with Crippen molar-refractivity contribution in [1.29, 1.82) is 0 Å². The van der Waals surface area contributed by atoms with Crippen LogP contribution in [-0.4, -0.2) is 39.8 Å². The molecule has 0 bridgehead atoms. The second kappa shape index (κ2) is 4.72. The van der Waals surface area contributed by atoms with Crippen LogP contribution < -0.4 is 9.88 Å². The molecule has 3 rings (SSSR count). The van der Waals surface area contributed by atoms with E-state index in [1.54, 1.807) is 0 Å². The summed E-state index contributed by atoms with van der Waals surface area (Å²) >= 11 is 0. The van der Waals surface area contributed by atoms with Gasteiger partial charge in [0, 0.05) is 6.42 Å². The molecule has 1 saturated heterocycles. The summed E-state index contributed by atoms with van der Waals surface area (Å²) in [5.74, 6) is 0.0101. The van der Waals surface area contributed by atoms with E-state index < -0.39 is 22.1 Å². The topological polar surface area (TPSA) is 105 Å². The lowest BCUT2D eigenvalue weighted by molar-refractivity contribution is -0.178. The van der Waals surface area contributed by atoms with Crippen molar-refractivity contribution in [2.24, 2.45) is 5.14 Å². The number of ether oxygens (including phenoxy) is 3. The van der Waals surface area contributed by atoms with Crippen molar-refractivity contribution in [3.8, 4) is 5.75 Å². The third-order valence-electron chi connectivity index (χ3n) is 3.19. The van der Waals surface area contributed by atoms with E-state index in [9.17, 15) is 13.2 Å². The monoisotopic (exact) mass is 299 g/mol. The molecule has 1 aromatic rings. The first-order valence-corrected chi connectivity index (χ1v) is 7.59. The summed E-state index contributed by atoms with van der Waals surface area (Å²) < 4.78 is 38.1. The van der Waals surface area contributed by atoms with Crippen LogP contribution in [0.1, 0.15) is 5.56 Å². The molecular formula is C12H13NO6S. The number of rotatable bonds is 3. The van der Waals surface area contributed by atoms with Crippen molar-refractivity contribution in [2.45, 2.75) is 23.5 Å². The summed E-state index contributed by atoms with van der Waals surface area (Å²) in [6, 6.07) is 4.26. The zero-order chi connectivity index (χ0) is 14.3. The normalized spacial score (nSPS) is 21.8. The fourth-order valence-electron chi connectivity index (χ4n) is 2.06. The fraction of sp³-hybridized carbons (Fsp3) is 0.417. The number of nitrogens with two attached hydrogens (primary N) is 1. The number of benzene rings is 1. The molecule has 1 atom stereocenters. The molecule has 0 spiro atoms. The van der Waals surface area contributed by atoms with Crippen molar-refractivity contribution >= 4 is 16.0 Å². The highest BCUT2D eigenvalue weighted by Crippen LogP contribution is 2.31. The van der Waals surface area contributed by atoms with Gasteiger partial charge in [-0.3, -0.25) is 0 Å². The molecule has 108 valence electrons. The number of carbonyl (C=O) groups is 1. The average Bonchev–Trinajstić information content (AvgIpc) is 2.75. The highest BCUT2D eigenvalue weighted by atomic mass is 32.2. The number of esters is 1. The van der Waals surface area contributed by atoms with Crippen molar-refractivity contribution in [3.05, 3.63) is 23.8 Å². The van der Waals surface area contributed by atoms with Crippen LogP contribution in [0.3, 0.4) is 0 Å². The third kappa shape index (κ3) is 2.49. The number of hydrogen-bond acceptors (Lipinski definition) is 6. The van der Waals surface area contributed by atoms with E-state index in [0.717, 1.165) is 0 Å². The summed E-state index contributed by atoms with van der Waals surface area (Å²) in [5.41, 5.74) is 0.628. The van der Waals surface area contributed by atoms with Crippen LogP contribution >= 0.6 is 0 Å². The Kier molecular flexibility index (Phi) is 3.15. The van der Waals surface area contributed by atoms with Gasteiger partial charge >= 0.3 is 5.97 Å². The molecule has 8 heteroatoms. The number of sulfonamides is 1.